The van der Waals surface area contributed by atoms with Gasteiger partial charge >= 0.3 is 0 Å². The van der Waals surface area contributed by atoms with Crippen LogP contribution in [0.5, 0.6) is 0 Å². The summed E-state index contributed by atoms with van der Waals surface area (Å²) in [6, 6.07) is 1.65. The normalized spacial score (nSPS) is 14.1. The van der Waals surface area contributed by atoms with Gasteiger partial charge in [0, 0.05) is 18.3 Å². The number of carbonyl (C=O) groups is 1. The number of carbonyl (C=O) groups excluding carboxylic acids is 1. The molecule has 0 spiro atoms. The van der Waals surface area contributed by atoms with E-state index < -0.39 is 5.91 Å². The third-order valence-corrected chi connectivity index (χ3v) is 4.09. The van der Waals surface area contributed by atoms with E-state index in [0.717, 1.165) is 31.5 Å². The van der Waals surface area contributed by atoms with Crippen molar-refractivity contribution in [1.82, 2.24) is 14.8 Å². The van der Waals surface area contributed by atoms with Crippen LogP contribution in [-0.2, 0) is 13.0 Å². The maximum absolute atomic E-state index is 11.8. The van der Waals surface area contributed by atoms with Gasteiger partial charge in [0.1, 0.15) is 10.8 Å². The van der Waals surface area contributed by atoms with Crippen LogP contribution in [0.2, 0.25) is 10.2 Å². The minimum atomic E-state index is -0.478. The zero-order chi connectivity index (χ0) is 14.3. The van der Waals surface area contributed by atoms with Crippen LogP contribution in [0.15, 0.2) is 12.3 Å². The van der Waals surface area contributed by atoms with E-state index in [1.165, 1.54) is 0 Å². The van der Waals surface area contributed by atoms with E-state index in [4.69, 9.17) is 28.9 Å². The van der Waals surface area contributed by atoms with Crippen molar-refractivity contribution in [3.63, 3.8) is 0 Å². The van der Waals surface area contributed by atoms with Gasteiger partial charge in [-0.2, -0.15) is 5.10 Å². The lowest BCUT2D eigenvalue weighted by atomic mass is 10.0. The molecule has 0 saturated carbocycles. The highest BCUT2D eigenvalue weighted by atomic mass is 35.5. The molecule has 0 bridgehead atoms. The molecule has 1 aliphatic rings. The second-order valence-electron chi connectivity index (χ2n) is 4.71. The summed E-state index contributed by atoms with van der Waals surface area (Å²) in [7, 11) is 0. The molecule has 20 heavy (non-hydrogen) atoms. The van der Waals surface area contributed by atoms with Crippen molar-refractivity contribution in [1.29, 1.82) is 0 Å². The monoisotopic (exact) mass is 310 g/mol. The number of aryl methyl sites for hydroxylation is 1. The van der Waals surface area contributed by atoms with Gasteiger partial charge in [0.15, 0.2) is 0 Å². The molecule has 0 atom stereocenters. The van der Waals surface area contributed by atoms with Gasteiger partial charge in [0.25, 0.3) is 5.91 Å². The molecule has 2 aromatic rings. The highest BCUT2D eigenvalue weighted by Gasteiger charge is 2.25. The van der Waals surface area contributed by atoms with Gasteiger partial charge in [-0.25, -0.2) is 4.98 Å². The average molecular weight is 311 g/mol. The number of aromatic nitrogens is 3. The SMILES string of the molecule is NC(=O)c1c(-c2cnc(Cl)c(Cl)c2)nn2c1CCCC2. The lowest BCUT2D eigenvalue weighted by molar-refractivity contribution is 0.0999. The van der Waals surface area contributed by atoms with Crippen molar-refractivity contribution in [2.45, 2.75) is 25.8 Å². The van der Waals surface area contributed by atoms with Crippen LogP contribution in [0.4, 0.5) is 0 Å². The van der Waals surface area contributed by atoms with Crippen LogP contribution < -0.4 is 5.73 Å². The number of pyridine rings is 1. The fraction of sp³-hybridized carbons (Fsp3) is 0.308. The number of amides is 1. The van der Waals surface area contributed by atoms with E-state index in [1.807, 2.05) is 4.68 Å². The number of fused-ring (bicyclic) bond motifs is 1. The molecule has 1 amide bonds. The smallest absolute Gasteiger partial charge is 0.252 e. The first-order valence-electron chi connectivity index (χ1n) is 6.29. The number of halogens is 2. The van der Waals surface area contributed by atoms with Gasteiger partial charge in [-0.05, 0) is 25.3 Å². The lowest BCUT2D eigenvalue weighted by Crippen LogP contribution is -2.17. The van der Waals surface area contributed by atoms with Crippen molar-refractivity contribution >= 4 is 29.1 Å². The Hall–Kier alpha value is -1.59. The third-order valence-electron chi connectivity index (χ3n) is 3.41. The average Bonchev–Trinajstić information content (AvgIpc) is 2.81. The molecule has 0 saturated heterocycles. The van der Waals surface area contributed by atoms with Crippen LogP contribution >= 0.6 is 23.2 Å². The molecule has 0 unspecified atom stereocenters. The van der Waals surface area contributed by atoms with Gasteiger partial charge in [0.2, 0.25) is 0 Å². The molecule has 0 aliphatic carbocycles. The van der Waals surface area contributed by atoms with Crippen LogP contribution in [0.1, 0.15) is 28.9 Å². The molecule has 7 heteroatoms. The summed E-state index contributed by atoms with van der Waals surface area (Å²) in [6.45, 7) is 0.796. The van der Waals surface area contributed by atoms with Crippen molar-refractivity contribution in [3.05, 3.63) is 33.7 Å². The van der Waals surface area contributed by atoms with Crippen LogP contribution in [0.25, 0.3) is 11.3 Å². The fourth-order valence-corrected chi connectivity index (χ4v) is 2.77. The highest BCUT2D eigenvalue weighted by molar-refractivity contribution is 6.41. The van der Waals surface area contributed by atoms with Gasteiger partial charge in [-0.3, -0.25) is 9.48 Å². The quantitative estimate of drug-likeness (QED) is 0.867. The Morgan fingerprint density at radius 1 is 1.35 bits per heavy atom. The molecule has 2 aromatic heterocycles. The van der Waals surface area contributed by atoms with Crippen molar-refractivity contribution in [2.75, 3.05) is 0 Å². The first-order valence-corrected chi connectivity index (χ1v) is 7.04. The summed E-state index contributed by atoms with van der Waals surface area (Å²) in [6.07, 6.45) is 4.44. The van der Waals surface area contributed by atoms with Crippen LogP contribution in [0.3, 0.4) is 0 Å². The second kappa shape index (κ2) is 5.07. The third kappa shape index (κ3) is 2.17. The number of hydrogen-bond acceptors (Lipinski definition) is 3. The molecule has 2 N–H and O–H groups in total. The first-order chi connectivity index (χ1) is 9.58. The lowest BCUT2D eigenvalue weighted by Gasteiger charge is -2.13. The number of nitrogens with zero attached hydrogens (tertiary/aromatic N) is 3. The van der Waals surface area contributed by atoms with E-state index in [2.05, 4.69) is 10.1 Å². The molecule has 0 fully saturated rings. The Kier molecular flexibility index (Phi) is 3.40. The summed E-state index contributed by atoms with van der Waals surface area (Å²) in [5.41, 5.74) is 8.05. The Morgan fingerprint density at radius 3 is 2.85 bits per heavy atom. The van der Waals surface area contributed by atoms with E-state index in [-0.39, 0.29) is 5.15 Å². The van der Waals surface area contributed by atoms with E-state index in [9.17, 15) is 4.79 Å². The van der Waals surface area contributed by atoms with E-state index >= 15 is 0 Å². The number of primary amides is 1. The Labute approximate surface area is 125 Å². The molecule has 0 aromatic carbocycles. The molecule has 0 radical (unpaired) electrons. The number of hydrogen-bond donors (Lipinski definition) is 1. The fourth-order valence-electron chi connectivity index (χ4n) is 2.50. The van der Waals surface area contributed by atoms with Crippen molar-refractivity contribution in [3.8, 4) is 11.3 Å². The highest BCUT2D eigenvalue weighted by Crippen LogP contribution is 2.31. The molecular weight excluding hydrogens is 299 g/mol. The van der Waals surface area contributed by atoms with Crippen LogP contribution in [0, 0.1) is 0 Å². The molecule has 3 rings (SSSR count). The minimum absolute atomic E-state index is 0.222. The maximum atomic E-state index is 11.8. The largest absolute Gasteiger partial charge is 0.365 e. The Balaban J connectivity index is 2.19. The number of rotatable bonds is 2. The zero-order valence-corrected chi connectivity index (χ0v) is 12.1. The maximum Gasteiger partial charge on any atom is 0.252 e. The molecule has 104 valence electrons. The predicted octanol–water partition coefficient (Wildman–Crippen LogP) is 2.69. The predicted molar refractivity (Wildman–Crippen MR) is 76.9 cm³/mol. The molecule has 1 aliphatic heterocycles. The Morgan fingerprint density at radius 2 is 2.15 bits per heavy atom. The minimum Gasteiger partial charge on any atom is -0.365 e. The molecule has 5 nitrogen and oxygen atoms in total. The van der Waals surface area contributed by atoms with Crippen LogP contribution in [-0.4, -0.2) is 20.7 Å². The molecule has 3 heterocycles. The van der Waals surface area contributed by atoms with Gasteiger partial charge in [-0.1, -0.05) is 23.2 Å². The summed E-state index contributed by atoms with van der Waals surface area (Å²) >= 11 is 11.8. The number of nitrogens with two attached hydrogens (primary N) is 1. The van der Waals surface area contributed by atoms with Gasteiger partial charge < -0.3 is 5.73 Å². The van der Waals surface area contributed by atoms with Crippen molar-refractivity contribution in [2.24, 2.45) is 5.73 Å². The van der Waals surface area contributed by atoms with E-state index in [1.54, 1.807) is 12.3 Å². The summed E-state index contributed by atoms with van der Waals surface area (Å²) < 4.78 is 1.85. The van der Waals surface area contributed by atoms with Gasteiger partial charge in [-0.15, -0.1) is 0 Å². The zero-order valence-electron chi connectivity index (χ0n) is 10.6. The standard InChI is InChI=1S/C13H12Cl2N4O/c14-8-5-7(6-17-12(8)15)11-10(13(16)20)9-3-1-2-4-19(9)18-11/h5-6H,1-4H2,(H2,16,20). The second-order valence-corrected chi connectivity index (χ2v) is 5.48. The summed E-state index contributed by atoms with van der Waals surface area (Å²) in [5, 5.41) is 5.03. The molecular formula is C13H12Cl2N4O. The van der Waals surface area contributed by atoms with E-state index in [0.29, 0.717) is 21.8 Å². The summed E-state index contributed by atoms with van der Waals surface area (Å²) in [4.78, 5) is 15.8. The Bertz CT molecular complexity index is 696. The summed E-state index contributed by atoms with van der Waals surface area (Å²) in [5.74, 6) is -0.478. The first kappa shape index (κ1) is 13.4. The van der Waals surface area contributed by atoms with Gasteiger partial charge in [0.05, 0.1) is 16.3 Å². The van der Waals surface area contributed by atoms with Crippen molar-refractivity contribution < 1.29 is 4.79 Å². The topological polar surface area (TPSA) is 73.8 Å².